The molecule has 0 saturated carbocycles. The van der Waals surface area contributed by atoms with Gasteiger partial charge in [-0.05, 0) is 61.2 Å². The number of hydrogen-bond acceptors (Lipinski definition) is 4. The van der Waals surface area contributed by atoms with Crippen molar-refractivity contribution in [2.75, 3.05) is 19.6 Å². The van der Waals surface area contributed by atoms with Crippen LogP contribution in [0.1, 0.15) is 44.7 Å². The van der Waals surface area contributed by atoms with E-state index in [1.165, 1.54) is 16.0 Å². The fraction of sp³-hybridized carbons (Fsp3) is 0.333. The monoisotopic (exact) mass is 350 g/mol. The summed E-state index contributed by atoms with van der Waals surface area (Å²) in [5.74, 6) is -0.0304. The van der Waals surface area contributed by atoms with E-state index >= 15 is 0 Å². The van der Waals surface area contributed by atoms with Gasteiger partial charge in [0.1, 0.15) is 5.75 Å². The number of aromatic hydroxyl groups is 1. The van der Waals surface area contributed by atoms with Crippen LogP contribution in [0.4, 0.5) is 0 Å². The summed E-state index contributed by atoms with van der Waals surface area (Å²) in [5.41, 5.74) is 3.54. The second-order valence-electron chi connectivity index (χ2n) is 6.99. The van der Waals surface area contributed by atoms with Crippen molar-refractivity contribution in [3.63, 3.8) is 0 Å². The summed E-state index contributed by atoms with van der Waals surface area (Å²) in [7, 11) is 0. The average molecular weight is 350 g/mol. The third-order valence-electron chi connectivity index (χ3n) is 5.27. The molecule has 5 heteroatoms. The van der Waals surface area contributed by atoms with Gasteiger partial charge in [-0.3, -0.25) is 19.4 Å². The number of hydrogen-bond donors (Lipinski definition) is 1. The van der Waals surface area contributed by atoms with E-state index in [0.717, 1.165) is 38.9 Å². The van der Waals surface area contributed by atoms with Gasteiger partial charge >= 0.3 is 0 Å². The fourth-order valence-electron chi connectivity index (χ4n) is 3.84. The number of fused-ring (bicyclic) bond motifs is 2. The maximum atomic E-state index is 12.3. The normalized spacial score (nSPS) is 16.7. The highest BCUT2D eigenvalue weighted by atomic mass is 16.3. The Morgan fingerprint density at radius 3 is 2.31 bits per heavy atom. The molecule has 2 aliphatic rings. The lowest BCUT2D eigenvalue weighted by Crippen LogP contribution is -2.33. The maximum absolute atomic E-state index is 12.3. The van der Waals surface area contributed by atoms with Gasteiger partial charge in [0.05, 0.1) is 11.1 Å². The van der Waals surface area contributed by atoms with E-state index < -0.39 is 0 Å². The molecule has 134 valence electrons. The zero-order chi connectivity index (χ0) is 18.1. The summed E-state index contributed by atoms with van der Waals surface area (Å²) < 4.78 is 0. The second-order valence-corrected chi connectivity index (χ2v) is 6.99. The number of carbonyl (C=O) groups is 2. The lowest BCUT2D eigenvalue weighted by atomic mass is 9.99. The van der Waals surface area contributed by atoms with Gasteiger partial charge in [-0.1, -0.05) is 18.2 Å². The number of phenolic OH excluding ortho intramolecular Hbond substituents is 1. The summed E-state index contributed by atoms with van der Waals surface area (Å²) >= 11 is 0. The Morgan fingerprint density at radius 2 is 1.58 bits per heavy atom. The van der Waals surface area contributed by atoms with Crippen molar-refractivity contribution < 1.29 is 14.7 Å². The van der Waals surface area contributed by atoms with E-state index in [2.05, 4.69) is 4.90 Å². The van der Waals surface area contributed by atoms with Crippen LogP contribution < -0.4 is 0 Å². The van der Waals surface area contributed by atoms with E-state index in [0.29, 0.717) is 23.4 Å². The van der Waals surface area contributed by atoms with E-state index in [4.69, 9.17) is 0 Å². The molecule has 0 aliphatic carbocycles. The van der Waals surface area contributed by atoms with Crippen molar-refractivity contribution in [2.24, 2.45) is 0 Å². The maximum Gasteiger partial charge on any atom is 0.261 e. The van der Waals surface area contributed by atoms with Crippen LogP contribution in [0.2, 0.25) is 0 Å². The first kappa shape index (κ1) is 16.8. The molecule has 2 amide bonds. The Balaban J connectivity index is 1.28. The van der Waals surface area contributed by atoms with Gasteiger partial charge in [-0.25, -0.2) is 0 Å². The Hall–Kier alpha value is -2.66. The minimum atomic E-state index is -0.173. The van der Waals surface area contributed by atoms with Crippen molar-refractivity contribution >= 4 is 11.8 Å². The van der Waals surface area contributed by atoms with Gasteiger partial charge in [0, 0.05) is 19.6 Å². The van der Waals surface area contributed by atoms with Crippen LogP contribution in [0.5, 0.6) is 5.75 Å². The van der Waals surface area contributed by atoms with E-state index in [-0.39, 0.29) is 11.8 Å². The van der Waals surface area contributed by atoms with E-state index in [9.17, 15) is 14.7 Å². The van der Waals surface area contributed by atoms with E-state index in [1.807, 2.05) is 12.1 Å². The number of rotatable bonds is 5. The minimum absolute atomic E-state index is 0.173. The summed E-state index contributed by atoms with van der Waals surface area (Å²) in [5, 5.41) is 9.65. The van der Waals surface area contributed by atoms with Crippen LogP contribution in [-0.2, 0) is 13.0 Å². The molecule has 2 aliphatic heterocycles. The molecular formula is C21H22N2O3. The second kappa shape index (κ2) is 6.92. The topological polar surface area (TPSA) is 60.9 Å². The largest absolute Gasteiger partial charge is 0.508 e. The van der Waals surface area contributed by atoms with Crippen LogP contribution in [-0.4, -0.2) is 46.4 Å². The molecule has 0 spiro atoms. The van der Waals surface area contributed by atoms with Crippen LogP contribution in [0.3, 0.4) is 0 Å². The van der Waals surface area contributed by atoms with Crippen molar-refractivity contribution in [3.05, 3.63) is 64.7 Å². The first-order chi connectivity index (χ1) is 12.6. The molecule has 5 nitrogen and oxygen atoms in total. The molecule has 0 saturated heterocycles. The molecule has 2 aromatic rings. The SMILES string of the molecule is O=C1c2ccccc2C(=O)N1CCCCN1CCc2ccc(O)cc2C1. The molecule has 0 atom stereocenters. The lowest BCUT2D eigenvalue weighted by molar-refractivity contribution is 0.0650. The predicted octanol–water partition coefficient (Wildman–Crippen LogP) is 2.83. The zero-order valence-corrected chi connectivity index (χ0v) is 14.6. The zero-order valence-electron chi connectivity index (χ0n) is 14.6. The van der Waals surface area contributed by atoms with Gasteiger partial charge in [-0.15, -0.1) is 0 Å². The van der Waals surface area contributed by atoms with Crippen LogP contribution in [0.15, 0.2) is 42.5 Å². The fourth-order valence-corrected chi connectivity index (χ4v) is 3.84. The Kier molecular flexibility index (Phi) is 4.47. The smallest absolute Gasteiger partial charge is 0.261 e. The molecule has 0 fully saturated rings. The number of carbonyl (C=O) groups excluding carboxylic acids is 2. The molecule has 0 radical (unpaired) electrons. The molecule has 0 unspecified atom stereocenters. The highest BCUT2D eigenvalue weighted by Crippen LogP contribution is 2.24. The molecule has 2 heterocycles. The van der Waals surface area contributed by atoms with Crippen LogP contribution in [0, 0.1) is 0 Å². The average Bonchev–Trinajstić information content (AvgIpc) is 2.90. The van der Waals surface area contributed by atoms with Gasteiger partial charge in [0.2, 0.25) is 0 Å². The third kappa shape index (κ3) is 3.10. The van der Waals surface area contributed by atoms with Gasteiger partial charge in [0.25, 0.3) is 11.8 Å². The van der Waals surface area contributed by atoms with E-state index in [1.54, 1.807) is 30.3 Å². The number of unbranched alkanes of at least 4 members (excludes halogenated alkanes) is 1. The predicted molar refractivity (Wildman–Crippen MR) is 98.1 cm³/mol. The van der Waals surface area contributed by atoms with Crippen molar-refractivity contribution in [1.82, 2.24) is 9.80 Å². The molecule has 0 bridgehead atoms. The molecule has 2 aromatic carbocycles. The first-order valence-electron chi connectivity index (χ1n) is 9.12. The van der Waals surface area contributed by atoms with Crippen molar-refractivity contribution in [1.29, 1.82) is 0 Å². The van der Waals surface area contributed by atoms with Crippen LogP contribution >= 0.6 is 0 Å². The standard InChI is InChI=1S/C21H22N2O3/c24-17-8-7-15-9-12-22(14-16(15)13-17)10-3-4-11-23-20(25)18-5-1-2-6-19(18)21(23)26/h1-2,5-8,13,24H,3-4,9-12,14H2. The highest BCUT2D eigenvalue weighted by molar-refractivity contribution is 6.21. The van der Waals surface area contributed by atoms with Crippen LogP contribution in [0.25, 0.3) is 0 Å². The molecule has 1 N–H and O–H groups in total. The lowest BCUT2D eigenvalue weighted by Gasteiger charge is -2.29. The number of benzene rings is 2. The number of phenols is 1. The Bertz CT molecular complexity index is 827. The number of imide groups is 1. The Morgan fingerprint density at radius 1 is 0.885 bits per heavy atom. The molecular weight excluding hydrogens is 328 g/mol. The van der Waals surface area contributed by atoms with Gasteiger partial charge < -0.3 is 5.11 Å². The van der Waals surface area contributed by atoms with Crippen molar-refractivity contribution in [2.45, 2.75) is 25.8 Å². The summed E-state index contributed by atoms with van der Waals surface area (Å²) in [6.07, 6.45) is 2.73. The number of nitrogens with zero attached hydrogens (tertiary/aromatic N) is 2. The summed E-state index contributed by atoms with van der Waals surface area (Å²) in [6.45, 7) is 3.25. The summed E-state index contributed by atoms with van der Waals surface area (Å²) in [6, 6.07) is 12.6. The van der Waals surface area contributed by atoms with Gasteiger partial charge in [0.15, 0.2) is 0 Å². The molecule has 26 heavy (non-hydrogen) atoms. The third-order valence-corrected chi connectivity index (χ3v) is 5.27. The quantitative estimate of drug-likeness (QED) is 0.665. The highest BCUT2D eigenvalue weighted by Gasteiger charge is 2.34. The molecule has 0 aromatic heterocycles. The Labute approximate surface area is 152 Å². The van der Waals surface area contributed by atoms with Gasteiger partial charge in [-0.2, -0.15) is 0 Å². The first-order valence-corrected chi connectivity index (χ1v) is 9.12. The number of amides is 2. The van der Waals surface area contributed by atoms with Crippen molar-refractivity contribution in [3.8, 4) is 5.75 Å². The minimum Gasteiger partial charge on any atom is -0.508 e. The summed E-state index contributed by atoms with van der Waals surface area (Å²) in [4.78, 5) is 28.4. The molecule has 4 rings (SSSR count).